The van der Waals surface area contributed by atoms with E-state index in [0.717, 1.165) is 10.5 Å². The zero-order chi connectivity index (χ0) is 16.8. The quantitative estimate of drug-likeness (QED) is 0.668. The van der Waals surface area contributed by atoms with Crippen LogP contribution in [0.15, 0.2) is 47.4 Å². The minimum Gasteiger partial charge on any atom is -0.272 e. The van der Waals surface area contributed by atoms with E-state index < -0.39 is 11.7 Å². The Morgan fingerprint density at radius 3 is 2.48 bits per heavy atom. The Bertz CT molecular complexity index is 734. The van der Waals surface area contributed by atoms with E-state index in [9.17, 15) is 14.0 Å². The van der Waals surface area contributed by atoms with Gasteiger partial charge in [0.25, 0.3) is 5.91 Å². The summed E-state index contributed by atoms with van der Waals surface area (Å²) in [6.45, 7) is 4.03. The molecule has 0 aromatic heterocycles. The number of rotatable bonds is 4. The number of thioether (sulfide) groups is 1. The molecule has 2 aromatic rings. The maximum Gasteiger partial charge on any atom is 0.272 e. The largest absolute Gasteiger partial charge is 0.272 e. The number of aryl methyl sites for hydroxylation is 2. The normalized spacial score (nSPS) is 10.2. The Kier molecular flexibility index (Phi) is 5.76. The number of hydrogen-bond acceptors (Lipinski definition) is 3. The highest BCUT2D eigenvalue weighted by molar-refractivity contribution is 8.00. The molecule has 0 aliphatic rings. The number of amides is 2. The lowest BCUT2D eigenvalue weighted by Gasteiger charge is -2.08. The first kappa shape index (κ1) is 17.0. The van der Waals surface area contributed by atoms with Crippen LogP contribution in [0, 0.1) is 19.7 Å². The Labute approximate surface area is 138 Å². The van der Waals surface area contributed by atoms with Crippen molar-refractivity contribution in [2.45, 2.75) is 18.7 Å². The van der Waals surface area contributed by atoms with E-state index >= 15 is 0 Å². The molecule has 0 bridgehead atoms. The van der Waals surface area contributed by atoms with Gasteiger partial charge in [-0.25, -0.2) is 4.39 Å². The summed E-state index contributed by atoms with van der Waals surface area (Å²) in [6.07, 6.45) is 0. The van der Waals surface area contributed by atoms with Gasteiger partial charge in [0.1, 0.15) is 5.82 Å². The molecule has 0 atom stereocenters. The summed E-state index contributed by atoms with van der Waals surface area (Å²) in [5, 5.41) is 0. The molecule has 2 N–H and O–H groups in total. The molecule has 0 heterocycles. The molecule has 2 aromatic carbocycles. The first-order valence-corrected chi connectivity index (χ1v) is 7.99. The van der Waals surface area contributed by atoms with Crippen LogP contribution in [-0.2, 0) is 4.79 Å². The van der Waals surface area contributed by atoms with E-state index in [1.54, 1.807) is 6.07 Å². The van der Waals surface area contributed by atoms with Crippen molar-refractivity contribution in [2.24, 2.45) is 0 Å². The third-order valence-electron chi connectivity index (χ3n) is 3.28. The average molecular weight is 332 g/mol. The zero-order valence-electron chi connectivity index (χ0n) is 12.9. The number of halogens is 1. The third-order valence-corrected chi connectivity index (χ3v) is 4.28. The lowest BCUT2D eigenvalue weighted by molar-refractivity contribution is -0.119. The van der Waals surface area contributed by atoms with Crippen LogP contribution in [0.1, 0.15) is 21.5 Å². The van der Waals surface area contributed by atoms with Crippen molar-refractivity contribution in [1.29, 1.82) is 0 Å². The Morgan fingerprint density at radius 1 is 1.04 bits per heavy atom. The van der Waals surface area contributed by atoms with E-state index in [1.165, 1.54) is 35.5 Å². The molecule has 23 heavy (non-hydrogen) atoms. The molecule has 0 aliphatic heterocycles. The number of hydrogen-bond donors (Lipinski definition) is 2. The number of hydrazine groups is 1. The summed E-state index contributed by atoms with van der Waals surface area (Å²) < 4.78 is 13.4. The van der Waals surface area contributed by atoms with Crippen LogP contribution in [0.5, 0.6) is 0 Å². The van der Waals surface area contributed by atoms with Gasteiger partial charge in [-0.1, -0.05) is 18.2 Å². The van der Waals surface area contributed by atoms with Crippen LogP contribution in [-0.4, -0.2) is 17.6 Å². The summed E-state index contributed by atoms with van der Waals surface area (Å²) in [5.41, 5.74) is 6.71. The molecule has 2 amide bonds. The maximum atomic E-state index is 13.4. The van der Waals surface area contributed by atoms with Crippen molar-refractivity contribution in [3.8, 4) is 0 Å². The van der Waals surface area contributed by atoms with Crippen molar-refractivity contribution < 1.29 is 14.0 Å². The second kappa shape index (κ2) is 7.78. The second-order valence-electron chi connectivity index (χ2n) is 5.02. The highest BCUT2D eigenvalue weighted by Crippen LogP contribution is 2.20. The van der Waals surface area contributed by atoms with E-state index in [0.29, 0.717) is 0 Å². The number of carbonyl (C=O) groups is 2. The second-order valence-corrected chi connectivity index (χ2v) is 6.07. The number of carbonyl (C=O) groups excluding carboxylic acids is 2. The maximum absolute atomic E-state index is 13.4. The predicted octanol–water partition coefficient (Wildman–Crippen LogP) is 3.00. The minimum atomic E-state index is -0.687. The minimum absolute atomic E-state index is 0.116. The van der Waals surface area contributed by atoms with Gasteiger partial charge in [-0.3, -0.25) is 20.4 Å². The highest BCUT2D eigenvalue weighted by Gasteiger charge is 2.11. The van der Waals surface area contributed by atoms with Crippen molar-refractivity contribution in [1.82, 2.24) is 10.9 Å². The van der Waals surface area contributed by atoms with Gasteiger partial charge in [-0.05, 0) is 49.2 Å². The number of benzene rings is 2. The van der Waals surface area contributed by atoms with Crippen molar-refractivity contribution in [2.75, 3.05) is 5.75 Å². The van der Waals surface area contributed by atoms with Crippen molar-refractivity contribution in [3.63, 3.8) is 0 Å². The van der Waals surface area contributed by atoms with Gasteiger partial charge < -0.3 is 0 Å². The molecule has 0 spiro atoms. The number of nitrogens with one attached hydrogen (secondary N) is 2. The summed E-state index contributed by atoms with van der Waals surface area (Å²) >= 11 is 1.36. The molecule has 0 aliphatic carbocycles. The highest BCUT2D eigenvalue weighted by atomic mass is 32.2. The molecular weight excluding hydrogens is 315 g/mol. The van der Waals surface area contributed by atoms with Crippen LogP contribution in [0.4, 0.5) is 4.39 Å². The molecule has 120 valence electrons. The molecule has 0 radical (unpaired) electrons. The van der Waals surface area contributed by atoms with Gasteiger partial charge in [0.05, 0.1) is 11.3 Å². The fourth-order valence-corrected chi connectivity index (χ4v) is 2.62. The summed E-state index contributed by atoms with van der Waals surface area (Å²) in [4.78, 5) is 24.5. The van der Waals surface area contributed by atoms with Gasteiger partial charge in [0.15, 0.2) is 0 Å². The predicted molar refractivity (Wildman–Crippen MR) is 88.6 cm³/mol. The lowest BCUT2D eigenvalue weighted by Crippen LogP contribution is -2.42. The molecule has 0 fully saturated rings. The molecule has 0 unspecified atom stereocenters. The van der Waals surface area contributed by atoms with Crippen LogP contribution in [0.25, 0.3) is 0 Å². The van der Waals surface area contributed by atoms with Gasteiger partial charge in [-0.2, -0.15) is 0 Å². The summed E-state index contributed by atoms with van der Waals surface area (Å²) in [7, 11) is 0. The van der Waals surface area contributed by atoms with Crippen LogP contribution >= 0.6 is 11.8 Å². The molecule has 6 heteroatoms. The third kappa shape index (κ3) is 4.82. The Morgan fingerprint density at radius 2 is 1.78 bits per heavy atom. The van der Waals surface area contributed by atoms with Crippen molar-refractivity contribution in [3.05, 3.63) is 65.0 Å². The topological polar surface area (TPSA) is 58.2 Å². The molecular formula is C17H17FN2O2S. The average Bonchev–Trinajstić information content (AvgIpc) is 2.54. The van der Waals surface area contributed by atoms with Gasteiger partial charge in [0, 0.05) is 4.90 Å². The molecule has 4 nitrogen and oxygen atoms in total. The Hall–Kier alpha value is -2.34. The van der Waals surface area contributed by atoms with Gasteiger partial charge >= 0.3 is 0 Å². The smallest absolute Gasteiger partial charge is 0.272 e. The fourth-order valence-electron chi connectivity index (χ4n) is 1.83. The van der Waals surface area contributed by atoms with Gasteiger partial charge in [-0.15, -0.1) is 11.8 Å². The van der Waals surface area contributed by atoms with Crippen LogP contribution in [0.2, 0.25) is 0 Å². The SMILES string of the molecule is Cc1ccc(SCC(=O)NNC(=O)c2ccccc2F)cc1C. The summed E-state index contributed by atoms with van der Waals surface area (Å²) in [6, 6.07) is 11.5. The van der Waals surface area contributed by atoms with Crippen LogP contribution < -0.4 is 10.9 Å². The first-order valence-electron chi connectivity index (χ1n) is 7.01. The van der Waals surface area contributed by atoms with E-state index in [1.807, 2.05) is 32.0 Å². The standard InChI is InChI=1S/C17H17FN2O2S/c1-11-7-8-13(9-12(11)2)23-10-16(21)19-20-17(22)14-5-3-4-6-15(14)18/h3-9H,10H2,1-2H3,(H,19,21)(H,20,22). The fraction of sp³-hybridized carbons (Fsp3) is 0.176. The molecule has 2 rings (SSSR count). The zero-order valence-corrected chi connectivity index (χ0v) is 13.7. The molecule has 0 saturated carbocycles. The van der Waals surface area contributed by atoms with E-state index in [4.69, 9.17) is 0 Å². The Balaban J connectivity index is 1.82. The first-order chi connectivity index (χ1) is 11.0. The van der Waals surface area contributed by atoms with Crippen molar-refractivity contribution >= 4 is 23.6 Å². The van der Waals surface area contributed by atoms with Crippen LogP contribution in [0.3, 0.4) is 0 Å². The molecule has 0 saturated heterocycles. The lowest BCUT2D eigenvalue weighted by atomic mass is 10.1. The monoisotopic (exact) mass is 332 g/mol. The van der Waals surface area contributed by atoms with E-state index in [2.05, 4.69) is 10.9 Å². The van der Waals surface area contributed by atoms with Gasteiger partial charge in [0.2, 0.25) is 5.91 Å². The van der Waals surface area contributed by atoms with E-state index in [-0.39, 0.29) is 17.2 Å². The summed E-state index contributed by atoms with van der Waals surface area (Å²) in [5.74, 6) is -1.53.